The third kappa shape index (κ3) is 11.0. The second-order valence-electron chi connectivity index (χ2n) is 26.6. The molecule has 2 fully saturated rings. The van der Waals surface area contributed by atoms with Crippen LogP contribution in [0.2, 0.25) is 0 Å². The van der Waals surface area contributed by atoms with Gasteiger partial charge in [-0.2, -0.15) is 13.7 Å². The average Bonchev–Trinajstić information content (AvgIpc) is 1.56. The maximum atomic E-state index is 9.16. The average molecular weight is 1200 g/mol. The number of rotatable bonds is 5. The Hall–Kier alpha value is -9.60. The van der Waals surface area contributed by atoms with E-state index >= 15 is 0 Å². The van der Waals surface area contributed by atoms with Crippen LogP contribution >= 0.6 is 0 Å². The van der Waals surface area contributed by atoms with Crippen LogP contribution in [0, 0.1) is 40.0 Å². The molecule has 2 saturated carbocycles. The maximum Gasteiger partial charge on any atom is 0.228 e. The highest BCUT2D eigenvalue weighted by atomic mass is 16.3. The Kier molecular flexibility index (Phi) is 13.2. The third-order valence-electron chi connectivity index (χ3n) is 19.5. The van der Waals surface area contributed by atoms with E-state index in [1.807, 2.05) is 30.8 Å². The zero-order valence-electron chi connectivity index (χ0n) is 58.5. The lowest BCUT2D eigenvalue weighted by Gasteiger charge is -2.34. The molecule has 9 heteroatoms. The molecule has 2 aliphatic carbocycles. The molecular formula is C82H79N6O3+3. The van der Waals surface area contributed by atoms with E-state index in [0.29, 0.717) is 28.1 Å². The van der Waals surface area contributed by atoms with Crippen molar-refractivity contribution in [1.29, 1.82) is 0 Å². The summed E-state index contributed by atoms with van der Waals surface area (Å²) in [5.41, 5.74) is 21.3. The van der Waals surface area contributed by atoms with E-state index in [4.69, 9.17) is 35.1 Å². The van der Waals surface area contributed by atoms with Gasteiger partial charge in [-0.25, -0.2) is 15.0 Å². The summed E-state index contributed by atoms with van der Waals surface area (Å²) < 4.78 is 65.8. The number of benzene rings is 6. The van der Waals surface area contributed by atoms with Crippen LogP contribution in [0.5, 0.6) is 0 Å². The molecule has 2 aliphatic rings. The second-order valence-corrected chi connectivity index (χ2v) is 26.6. The zero-order chi connectivity index (χ0) is 66.7. The van der Waals surface area contributed by atoms with Crippen LogP contribution in [0.25, 0.3) is 133 Å². The van der Waals surface area contributed by atoms with Gasteiger partial charge in [0.1, 0.15) is 21.1 Å². The first-order chi connectivity index (χ1) is 45.9. The highest BCUT2D eigenvalue weighted by molar-refractivity contribution is 6.10. The molecule has 6 aromatic carbocycles. The first-order valence-corrected chi connectivity index (χ1v) is 32.2. The summed E-state index contributed by atoms with van der Waals surface area (Å²) in [6, 6.07) is 54.3. The Morgan fingerprint density at radius 2 is 0.824 bits per heavy atom. The summed E-state index contributed by atoms with van der Waals surface area (Å²) in [7, 11) is 6.08. The maximum absolute atomic E-state index is 9.16. The van der Waals surface area contributed by atoms with Crippen LogP contribution in [0.15, 0.2) is 190 Å². The Bertz CT molecular complexity index is 5630. The summed E-state index contributed by atoms with van der Waals surface area (Å²) in [5, 5.41) is 9.45. The van der Waals surface area contributed by atoms with Gasteiger partial charge >= 0.3 is 0 Å². The smallest absolute Gasteiger partial charge is 0.228 e. The molecule has 0 N–H and O–H groups in total. The van der Waals surface area contributed by atoms with E-state index in [1.165, 1.54) is 28.7 Å². The summed E-state index contributed by atoms with van der Waals surface area (Å²) in [5.74, 6) is -1.00. The second kappa shape index (κ2) is 23.0. The van der Waals surface area contributed by atoms with Crippen molar-refractivity contribution in [3.63, 3.8) is 0 Å². The predicted molar refractivity (Wildman–Crippen MR) is 371 cm³/mol. The van der Waals surface area contributed by atoms with Crippen LogP contribution in [-0.2, 0) is 21.1 Å². The van der Waals surface area contributed by atoms with Gasteiger partial charge in [-0.05, 0) is 178 Å². The van der Waals surface area contributed by atoms with E-state index in [0.717, 1.165) is 178 Å². The number of hydrogen-bond acceptors (Lipinski definition) is 6. The van der Waals surface area contributed by atoms with Crippen molar-refractivity contribution in [2.75, 3.05) is 0 Å². The number of aromatic nitrogens is 6. The lowest BCUT2D eigenvalue weighted by molar-refractivity contribution is -0.659. The molecule has 0 unspecified atom stereocenters. The van der Waals surface area contributed by atoms with Gasteiger partial charge in [-0.15, -0.1) is 0 Å². The van der Waals surface area contributed by atoms with Gasteiger partial charge in [-0.3, -0.25) is 0 Å². The highest BCUT2D eigenvalue weighted by Gasteiger charge is 2.29. The fraction of sp³-hybridized carbons (Fsp3) is 0.268. The van der Waals surface area contributed by atoms with E-state index in [-0.39, 0.29) is 0 Å². The molecule has 91 heavy (non-hydrogen) atoms. The van der Waals surface area contributed by atoms with Crippen molar-refractivity contribution >= 4 is 98.9 Å². The molecule has 0 saturated heterocycles. The largest absolute Gasteiger partial charge is 0.431 e. The molecule has 9 heterocycles. The minimum absolute atomic E-state index is 0.341. The number of fused-ring (bicyclic) bond motifs is 12. The van der Waals surface area contributed by atoms with E-state index in [2.05, 4.69) is 210 Å². The number of nitrogens with zero attached hydrogens (tertiary/aromatic N) is 6. The summed E-state index contributed by atoms with van der Waals surface area (Å²) in [6.45, 7) is 10.8. The highest BCUT2D eigenvalue weighted by Crippen LogP contribution is 2.44. The van der Waals surface area contributed by atoms with Crippen LogP contribution in [-0.4, -0.2) is 15.0 Å². The van der Waals surface area contributed by atoms with Crippen LogP contribution in [0.3, 0.4) is 0 Å². The number of aryl methyl sites for hydroxylation is 8. The Balaban J connectivity index is 0.000000118. The van der Waals surface area contributed by atoms with Gasteiger partial charge < -0.3 is 13.3 Å². The molecule has 17 rings (SSSR count). The van der Waals surface area contributed by atoms with Gasteiger partial charge in [0.15, 0.2) is 0 Å². The number of pyridine rings is 6. The minimum atomic E-state index is -2.11. The molecule has 0 aliphatic heterocycles. The van der Waals surface area contributed by atoms with Crippen LogP contribution in [0.4, 0.5) is 0 Å². The molecular weight excluding hydrogens is 1120 g/mol. The van der Waals surface area contributed by atoms with Gasteiger partial charge in [-0.1, -0.05) is 124 Å². The van der Waals surface area contributed by atoms with Crippen LogP contribution in [0.1, 0.15) is 129 Å². The lowest BCUT2D eigenvalue weighted by atomic mass is 9.71. The van der Waals surface area contributed by atoms with Crippen LogP contribution < -0.4 is 13.7 Å². The summed E-state index contributed by atoms with van der Waals surface area (Å²) >= 11 is 0. The molecule has 9 aromatic heterocycles. The fourth-order valence-corrected chi connectivity index (χ4v) is 14.1. The lowest BCUT2D eigenvalue weighted by Crippen LogP contribution is -2.30. The van der Waals surface area contributed by atoms with Crippen molar-refractivity contribution in [3.05, 3.63) is 215 Å². The zero-order valence-corrected chi connectivity index (χ0v) is 53.5. The van der Waals surface area contributed by atoms with Gasteiger partial charge in [0.25, 0.3) is 0 Å². The minimum Gasteiger partial charge on any atom is -0.431 e. The molecule has 0 atom stereocenters. The fourth-order valence-electron chi connectivity index (χ4n) is 14.1. The number of hydrogen-bond donors (Lipinski definition) is 0. The predicted octanol–water partition coefficient (Wildman–Crippen LogP) is 20.2. The first-order valence-electron chi connectivity index (χ1n) is 34.7. The van der Waals surface area contributed by atoms with Crippen molar-refractivity contribution in [3.8, 4) is 33.8 Å². The van der Waals surface area contributed by atoms with Crippen molar-refractivity contribution < 1.29 is 33.8 Å². The van der Waals surface area contributed by atoms with E-state index in [1.54, 1.807) is 12.1 Å². The van der Waals surface area contributed by atoms with Crippen molar-refractivity contribution in [2.45, 2.75) is 118 Å². The van der Waals surface area contributed by atoms with E-state index in [9.17, 15) is 0 Å². The van der Waals surface area contributed by atoms with Gasteiger partial charge in [0, 0.05) is 90.2 Å². The normalized spacial score (nSPS) is 16.4. The van der Waals surface area contributed by atoms with Crippen molar-refractivity contribution in [1.82, 2.24) is 15.0 Å². The quantitative estimate of drug-likeness (QED) is 0.160. The molecule has 0 bridgehead atoms. The van der Waals surface area contributed by atoms with Gasteiger partial charge in [0.2, 0.25) is 69.6 Å². The van der Waals surface area contributed by atoms with Gasteiger partial charge in [0.05, 0.1) is 16.6 Å². The molecule has 9 nitrogen and oxygen atoms in total. The Morgan fingerprint density at radius 3 is 1.26 bits per heavy atom. The number of furan rings is 3. The Labute approximate surface area is 538 Å². The third-order valence-corrected chi connectivity index (χ3v) is 19.5. The molecule has 15 aromatic rings. The Morgan fingerprint density at radius 1 is 0.418 bits per heavy atom. The molecule has 452 valence electrons. The molecule has 0 radical (unpaired) electrons. The monoisotopic (exact) mass is 1200 g/mol. The first kappa shape index (κ1) is 52.2. The van der Waals surface area contributed by atoms with Crippen molar-refractivity contribution in [2.24, 2.45) is 26.6 Å². The van der Waals surface area contributed by atoms with E-state index < -0.39 is 18.6 Å². The summed E-state index contributed by atoms with van der Waals surface area (Å²) in [6.07, 6.45) is 15.4. The SMILES string of the molecule is [2H]C([2H])([2H])c1ccc(-c2cc3c(c[n+]2C)oc2nc4cc(C)ccc4cc23)c(C)c1.[2H]C1(c2ccc3cc4c(nc3c2)oc2c[n+](C)c(-c3ccccc3C)cc24)CCC(C)(C)CC1.[2H]C1(c2ccc3cc4c(nc3c2)oc2c[n+](C)c(-c3ccccc3C)cc24)CCCCC1. The topological polar surface area (TPSA) is 89.7 Å². The molecule has 0 amide bonds. The summed E-state index contributed by atoms with van der Waals surface area (Å²) in [4.78, 5) is 14.5. The molecule has 0 spiro atoms. The standard InChI is InChI=1S/C30H31N2O.C28H27N2O.C24H21N2O/c1-19-7-5-6-8-23(19)27-17-24-25-15-22-10-9-21(20-11-13-30(2,3)14-12-20)16-26(22)31-29(25)33-28(24)18-32(27)4;1-18-8-6-7-11-22(18)26-16-23-24-14-21-13-12-20(19-9-4-3-5-10-19)15-25(21)29-28(24)31-27(23)17-30(26)2;1-14-6-8-18(16(3)9-14)22-12-19-20-11-17-7-5-15(2)10-21(17)25-24(20)27-23(19)13-26(22)4/h5-10,15-18,20H,11-14H2,1-4H3;6-8,11-17,19H,3-5,9-10H2,1-2H3;5-13H,1-4H3/q3*+1/i20D;19D;1D3.